The molecule has 0 unspecified atom stereocenters. The maximum atomic E-state index is 14.4. The summed E-state index contributed by atoms with van der Waals surface area (Å²) < 4.78 is 16.2. The van der Waals surface area contributed by atoms with Crippen LogP contribution in [0, 0.1) is 5.82 Å². The lowest BCUT2D eigenvalue weighted by molar-refractivity contribution is 0.0695. The molecule has 1 aliphatic carbocycles. The van der Waals surface area contributed by atoms with Crippen LogP contribution in [0.1, 0.15) is 35.7 Å². The number of nitrogens with zero attached hydrogens (tertiary/aromatic N) is 3. The third-order valence-electron chi connectivity index (χ3n) is 4.24. The van der Waals surface area contributed by atoms with Crippen LogP contribution in [0.2, 0.25) is 0 Å². The highest BCUT2D eigenvalue weighted by Crippen LogP contribution is 2.38. The fourth-order valence-electron chi connectivity index (χ4n) is 2.94. The van der Waals surface area contributed by atoms with Crippen molar-refractivity contribution in [2.75, 3.05) is 11.6 Å². The number of aromatic carboxylic acids is 1. The third-order valence-corrected chi connectivity index (χ3v) is 4.24. The predicted octanol–water partition coefficient (Wildman–Crippen LogP) is 2.37. The van der Waals surface area contributed by atoms with E-state index in [0.717, 1.165) is 25.3 Å². The van der Waals surface area contributed by atoms with E-state index in [4.69, 9.17) is 0 Å². The van der Waals surface area contributed by atoms with Crippen LogP contribution in [0.15, 0.2) is 28.2 Å². The van der Waals surface area contributed by atoms with Crippen molar-refractivity contribution >= 4 is 28.8 Å². The number of carbonyl (C=O) groups is 1. The number of carboxylic acid groups (broad SMARTS) is 1. The average molecular weight is 315 g/mol. The lowest BCUT2D eigenvalue weighted by Crippen LogP contribution is -2.20. The number of halogens is 1. The fourth-order valence-corrected chi connectivity index (χ4v) is 2.94. The number of fused-ring (bicyclic) bond motifs is 1. The van der Waals surface area contributed by atoms with E-state index >= 15 is 0 Å². The van der Waals surface area contributed by atoms with Crippen LogP contribution in [-0.4, -0.2) is 28.4 Å². The molecule has 4 rings (SSSR count). The van der Waals surface area contributed by atoms with Gasteiger partial charge in [-0.1, -0.05) is 0 Å². The molecule has 118 valence electrons. The zero-order chi connectivity index (χ0) is 16.1. The van der Waals surface area contributed by atoms with Gasteiger partial charge in [0.15, 0.2) is 0 Å². The second-order valence-corrected chi connectivity index (χ2v) is 5.85. The Balaban J connectivity index is 2.02. The second-order valence-electron chi connectivity index (χ2n) is 5.85. The second kappa shape index (κ2) is 4.91. The molecule has 1 aromatic carbocycles. The van der Waals surface area contributed by atoms with Gasteiger partial charge in [0, 0.05) is 36.8 Å². The monoisotopic (exact) mass is 315 g/mol. The van der Waals surface area contributed by atoms with E-state index in [9.17, 15) is 19.1 Å². The first-order valence-corrected chi connectivity index (χ1v) is 7.48. The first kappa shape index (κ1) is 13.9. The van der Waals surface area contributed by atoms with Crippen molar-refractivity contribution in [2.45, 2.75) is 25.3 Å². The van der Waals surface area contributed by atoms with E-state index in [2.05, 4.69) is 5.10 Å². The van der Waals surface area contributed by atoms with Crippen LogP contribution < -0.4 is 10.4 Å². The number of pyridine rings is 1. The Labute approximate surface area is 130 Å². The van der Waals surface area contributed by atoms with E-state index in [0.29, 0.717) is 17.7 Å². The lowest BCUT2D eigenvalue weighted by atomic mass is 10.1. The van der Waals surface area contributed by atoms with Gasteiger partial charge in [0.1, 0.15) is 11.4 Å². The van der Waals surface area contributed by atoms with Crippen molar-refractivity contribution in [1.29, 1.82) is 0 Å². The summed E-state index contributed by atoms with van der Waals surface area (Å²) in [6.07, 6.45) is 5.67. The van der Waals surface area contributed by atoms with Crippen molar-refractivity contribution in [3.05, 3.63) is 39.9 Å². The molecule has 6 nitrogen and oxygen atoms in total. The molecule has 7 heteroatoms. The molecule has 1 fully saturated rings. The van der Waals surface area contributed by atoms with E-state index in [-0.39, 0.29) is 17.0 Å². The summed E-state index contributed by atoms with van der Waals surface area (Å²) >= 11 is 0. The van der Waals surface area contributed by atoms with E-state index in [1.807, 2.05) is 0 Å². The molecule has 2 aliphatic rings. The van der Waals surface area contributed by atoms with Crippen LogP contribution in [-0.2, 0) is 0 Å². The molecule has 0 atom stereocenters. The molecule has 0 bridgehead atoms. The summed E-state index contributed by atoms with van der Waals surface area (Å²) in [5.74, 6) is -1.86. The predicted molar refractivity (Wildman–Crippen MR) is 83.9 cm³/mol. The quantitative estimate of drug-likeness (QED) is 0.943. The summed E-state index contributed by atoms with van der Waals surface area (Å²) in [6, 6.07) is 2.89. The van der Waals surface area contributed by atoms with Crippen molar-refractivity contribution in [3.8, 4) is 0 Å². The molecule has 0 amide bonds. The van der Waals surface area contributed by atoms with Crippen LogP contribution in [0.3, 0.4) is 0 Å². The Morgan fingerprint density at radius 1 is 1.35 bits per heavy atom. The molecule has 1 aliphatic heterocycles. The third kappa shape index (κ3) is 2.19. The molecule has 0 saturated heterocycles. The Bertz CT molecular complexity index is 915. The smallest absolute Gasteiger partial charge is 0.341 e. The minimum atomic E-state index is -1.29. The highest BCUT2D eigenvalue weighted by atomic mass is 19.1. The maximum absolute atomic E-state index is 14.4. The number of aromatic nitrogens is 1. The van der Waals surface area contributed by atoms with Crippen molar-refractivity contribution in [3.63, 3.8) is 0 Å². The van der Waals surface area contributed by atoms with E-state index < -0.39 is 17.2 Å². The minimum Gasteiger partial charge on any atom is -0.477 e. The van der Waals surface area contributed by atoms with Crippen molar-refractivity contribution in [2.24, 2.45) is 5.10 Å². The normalized spacial score (nSPS) is 17.2. The Morgan fingerprint density at radius 3 is 2.74 bits per heavy atom. The average Bonchev–Trinajstić information content (AvgIpc) is 3.21. The number of hydrazone groups is 1. The van der Waals surface area contributed by atoms with Gasteiger partial charge < -0.3 is 9.67 Å². The number of carboxylic acids is 1. The first-order valence-electron chi connectivity index (χ1n) is 7.48. The van der Waals surface area contributed by atoms with Crippen LogP contribution >= 0.6 is 0 Å². The van der Waals surface area contributed by atoms with Gasteiger partial charge in [-0.05, 0) is 25.0 Å². The summed E-state index contributed by atoms with van der Waals surface area (Å²) in [4.78, 5) is 23.6. The molecular weight excluding hydrogens is 301 g/mol. The molecular formula is C16H14FN3O3. The van der Waals surface area contributed by atoms with Gasteiger partial charge in [0.05, 0.1) is 11.2 Å². The van der Waals surface area contributed by atoms with Gasteiger partial charge >= 0.3 is 5.97 Å². The summed E-state index contributed by atoms with van der Waals surface area (Å²) in [5.41, 5.74) is -0.111. The Kier molecular flexibility index (Phi) is 2.97. The topological polar surface area (TPSA) is 74.9 Å². The van der Waals surface area contributed by atoms with Crippen LogP contribution in [0.25, 0.3) is 10.9 Å². The first-order chi connectivity index (χ1) is 11.1. The molecule has 0 spiro atoms. The molecule has 23 heavy (non-hydrogen) atoms. The van der Waals surface area contributed by atoms with Gasteiger partial charge in [-0.3, -0.25) is 9.80 Å². The summed E-state index contributed by atoms with van der Waals surface area (Å²) in [7, 11) is 0. The number of rotatable bonds is 3. The molecule has 2 heterocycles. The van der Waals surface area contributed by atoms with Crippen molar-refractivity contribution < 1.29 is 14.3 Å². The van der Waals surface area contributed by atoms with E-state index in [1.165, 1.54) is 6.20 Å². The summed E-state index contributed by atoms with van der Waals surface area (Å²) in [6.45, 7) is 0.587. The number of anilines is 1. The lowest BCUT2D eigenvalue weighted by Gasteiger charge is -2.18. The fraction of sp³-hybridized carbons (Fsp3) is 0.312. The molecule has 1 saturated carbocycles. The van der Waals surface area contributed by atoms with E-state index in [1.54, 1.807) is 21.9 Å². The molecule has 2 aromatic rings. The maximum Gasteiger partial charge on any atom is 0.341 e. The van der Waals surface area contributed by atoms with Gasteiger partial charge in [-0.15, -0.1) is 0 Å². The number of hydrogen-bond acceptors (Lipinski definition) is 4. The van der Waals surface area contributed by atoms with Crippen LogP contribution in [0.5, 0.6) is 0 Å². The van der Waals surface area contributed by atoms with Gasteiger partial charge in [0.25, 0.3) is 0 Å². The summed E-state index contributed by atoms with van der Waals surface area (Å²) in [5, 5.41) is 15.0. The van der Waals surface area contributed by atoms with Gasteiger partial charge in [-0.25, -0.2) is 9.18 Å². The highest BCUT2D eigenvalue weighted by Gasteiger charge is 2.28. The van der Waals surface area contributed by atoms with Gasteiger partial charge in [0.2, 0.25) is 5.43 Å². The molecule has 1 aromatic heterocycles. The van der Waals surface area contributed by atoms with Gasteiger partial charge in [-0.2, -0.15) is 5.10 Å². The molecule has 0 radical (unpaired) electrons. The minimum absolute atomic E-state index is 0.0984. The van der Waals surface area contributed by atoms with Crippen molar-refractivity contribution in [1.82, 2.24) is 4.57 Å². The number of hydrogen-bond donors (Lipinski definition) is 1. The standard InChI is InChI=1S/C16H14FN3O3/c17-12-6-10-13(7-14(12)20-5-1-4-18-20)19(9-2-3-9)8-11(15(10)21)16(22)23/h4,6-9H,1-3,5H2,(H,22,23). The number of benzene rings is 1. The molecule has 1 N–H and O–H groups in total. The zero-order valence-corrected chi connectivity index (χ0v) is 12.2. The zero-order valence-electron chi connectivity index (χ0n) is 12.2. The SMILES string of the molecule is O=C(O)c1cn(C2CC2)c2cc(N3CCC=N3)c(F)cc2c1=O. The highest BCUT2D eigenvalue weighted by molar-refractivity contribution is 5.93. The Hall–Kier alpha value is -2.70. The Morgan fingerprint density at radius 2 is 2.13 bits per heavy atom. The largest absolute Gasteiger partial charge is 0.477 e. The van der Waals surface area contributed by atoms with Crippen LogP contribution in [0.4, 0.5) is 10.1 Å².